The van der Waals surface area contributed by atoms with Crippen LogP contribution in [0, 0.1) is 11.3 Å². The van der Waals surface area contributed by atoms with Gasteiger partial charge in [0.05, 0.1) is 0 Å². The molecule has 0 amide bonds. The van der Waals surface area contributed by atoms with Crippen molar-refractivity contribution in [3.63, 3.8) is 0 Å². The van der Waals surface area contributed by atoms with Crippen molar-refractivity contribution in [2.45, 2.75) is 0 Å². The molecule has 0 saturated heterocycles. The summed E-state index contributed by atoms with van der Waals surface area (Å²) in [6.45, 7) is 0. The highest BCUT2D eigenvalue weighted by Gasteiger charge is 2.09. The standard InChI is InChI=1S/C13H7N3O/c14-8-10-6-7-11-13(15-10)17-12(16-11)9-4-2-1-3-5-9/h1-7H. The Kier molecular flexibility index (Phi) is 2.09. The fraction of sp³-hybridized carbons (Fsp3) is 0. The Balaban J connectivity index is 2.18. The van der Waals surface area contributed by atoms with Crippen molar-refractivity contribution in [2.75, 3.05) is 0 Å². The molecule has 0 bridgehead atoms. The first-order valence-electron chi connectivity index (χ1n) is 5.10. The minimum atomic E-state index is 0.327. The molecule has 0 atom stereocenters. The number of benzene rings is 1. The summed E-state index contributed by atoms with van der Waals surface area (Å²) in [6.07, 6.45) is 0. The molecule has 2 heterocycles. The van der Waals surface area contributed by atoms with E-state index < -0.39 is 0 Å². The van der Waals surface area contributed by atoms with Crippen molar-refractivity contribution in [1.82, 2.24) is 9.97 Å². The summed E-state index contributed by atoms with van der Waals surface area (Å²) in [7, 11) is 0. The second kappa shape index (κ2) is 3.72. The van der Waals surface area contributed by atoms with Crippen LogP contribution in [-0.2, 0) is 0 Å². The van der Waals surface area contributed by atoms with Gasteiger partial charge in [-0.15, -0.1) is 0 Å². The smallest absolute Gasteiger partial charge is 0.248 e. The molecule has 2 aromatic heterocycles. The van der Waals surface area contributed by atoms with E-state index in [-0.39, 0.29) is 0 Å². The zero-order chi connectivity index (χ0) is 11.7. The van der Waals surface area contributed by atoms with E-state index in [0.29, 0.717) is 22.8 Å². The van der Waals surface area contributed by atoms with E-state index in [1.165, 1.54) is 0 Å². The van der Waals surface area contributed by atoms with Crippen molar-refractivity contribution in [3.8, 4) is 17.5 Å². The van der Waals surface area contributed by atoms with Gasteiger partial charge in [0, 0.05) is 5.56 Å². The van der Waals surface area contributed by atoms with Crippen molar-refractivity contribution in [1.29, 1.82) is 5.26 Å². The number of fused-ring (bicyclic) bond motifs is 1. The molecule has 0 unspecified atom stereocenters. The Morgan fingerprint density at radius 3 is 2.59 bits per heavy atom. The van der Waals surface area contributed by atoms with Gasteiger partial charge in [-0.1, -0.05) is 18.2 Å². The van der Waals surface area contributed by atoms with Crippen LogP contribution in [0.4, 0.5) is 0 Å². The molecule has 4 heteroatoms. The number of nitrogens with zero attached hydrogens (tertiary/aromatic N) is 3. The summed E-state index contributed by atoms with van der Waals surface area (Å²) in [5.41, 5.74) is 2.27. The van der Waals surface area contributed by atoms with Crippen molar-refractivity contribution in [2.24, 2.45) is 0 Å². The lowest BCUT2D eigenvalue weighted by Gasteiger charge is -1.91. The normalized spacial score (nSPS) is 10.3. The monoisotopic (exact) mass is 221 g/mol. The molecule has 0 aliphatic carbocycles. The van der Waals surface area contributed by atoms with Gasteiger partial charge in [-0.2, -0.15) is 5.26 Å². The fourth-order valence-corrected chi connectivity index (χ4v) is 1.58. The molecule has 0 saturated carbocycles. The number of hydrogen-bond donors (Lipinski definition) is 0. The molecule has 4 nitrogen and oxygen atoms in total. The first kappa shape index (κ1) is 9.55. The average molecular weight is 221 g/mol. The molecule has 80 valence electrons. The second-order valence-corrected chi connectivity index (χ2v) is 3.52. The lowest BCUT2D eigenvalue weighted by molar-refractivity contribution is 0.607. The maximum absolute atomic E-state index is 8.75. The number of oxazole rings is 1. The SMILES string of the molecule is N#Cc1ccc2nc(-c3ccccc3)oc2n1. The summed E-state index contributed by atoms with van der Waals surface area (Å²) in [6, 6.07) is 14.9. The average Bonchev–Trinajstić information content (AvgIpc) is 2.82. The van der Waals surface area contributed by atoms with Crippen LogP contribution in [0.25, 0.3) is 22.7 Å². The maximum atomic E-state index is 8.75. The largest absolute Gasteiger partial charge is 0.418 e. The van der Waals surface area contributed by atoms with Crippen molar-refractivity contribution >= 4 is 11.2 Å². The van der Waals surface area contributed by atoms with Gasteiger partial charge in [0.25, 0.3) is 0 Å². The number of pyridine rings is 1. The van der Waals surface area contributed by atoms with Gasteiger partial charge in [-0.25, -0.2) is 9.97 Å². The molecule has 0 aliphatic heterocycles. The third-order valence-electron chi connectivity index (χ3n) is 2.39. The molecule has 0 spiro atoms. The fourth-order valence-electron chi connectivity index (χ4n) is 1.58. The van der Waals surface area contributed by atoms with Crippen molar-refractivity contribution < 1.29 is 4.42 Å². The van der Waals surface area contributed by atoms with Gasteiger partial charge < -0.3 is 4.42 Å². The number of aromatic nitrogens is 2. The lowest BCUT2D eigenvalue weighted by atomic mass is 10.2. The summed E-state index contributed by atoms with van der Waals surface area (Å²) in [5.74, 6) is 0.517. The lowest BCUT2D eigenvalue weighted by Crippen LogP contribution is -1.80. The van der Waals surface area contributed by atoms with Crippen LogP contribution in [0.1, 0.15) is 5.69 Å². The van der Waals surface area contributed by atoms with Crippen molar-refractivity contribution in [3.05, 3.63) is 48.2 Å². The third-order valence-corrected chi connectivity index (χ3v) is 2.39. The quantitative estimate of drug-likeness (QED) is 0.633. The van der Waals surface area contributed by atoms with Gasteiger partial charge in [0.1, 0.15) is 17.3 Å². The molecule has 0 aliphatic rings. The Bertz CT molecular complexity index is 710. The molecular formula is C13H7N3O. The van der Waals surface area contributed by atoms with Gasteiger partial charge >= 0.3 is 0 Å². The van der Waals surface area contributed by atoms with E-state index in [0.717, 1.165) is 5.56 Å². The zero-order valence-corrected chi connectivity index (χ0v) is 8.79. The summed E-state index contributed by atoms with van der Waals surface area (Å²) >= 11 is 0. The molecular weight excluding hydrogens is 214 g/mol. The van der Waals surface area contributed by atoms with E-state index >= 15 is 0 Å². The Labute approximate surface area is 97.2 Å². The minimum absolute atomic E-state index is 0.327. The molecule has 0 fully saturated rings. The molecule has 3 aromatic rings. The highest BCUT2D eigenvalue weighted by atomic mass is 16.4. The molecule has 3 rings (SSSR count). The Morgan fingerprint density at radius 2 is 1.82 bits per heavy atom. The minimum Gasteiger partial charge on any atom is -0.418 e. The topological polar surface area (TPSA) is 62.7 Å². The summed E-state index contributed by atoms with van der Waals surface area (Å²) < 4.78 is 5.52. The second-order valence-electron chi connectivity index (χ2n) is 3.52. The highest BCUT2D eigenvalue weighted by Crippen LogP contribution is 2.22. The van der Waals surface area contributed by atoms with E-state index in [9.17, 15) is 0 Å². The van der Waals surface area contributed by atoms with Gasteiger partial charge in [-0.3, -0.25) is 0 Å². The molecule has 1 aromatic carbocycles. The zero-order valence-electron chi connectivity index (χ0n) is 8.79. The van der Waals surface area contributed by atoms with E-state index in [1.54, 1.807) is 12.1 Å². The first-order valence-corrected chi connectivity index (χ1v) is 5.10. The van der Waals surface area contributed by atoms with Crippen LogP contribution < -0.4 is 0 Å². The van der Waals surface area contributed by atoms with Crippen LogP contribution in [0.2, 0.25) is 0 Å². The Morgan fingerprint density at radius 1 is 1.00 bits per heavy atom. The van der Waals surface area contributed by atoms with Crippen LogP contribution in [-0.4, -0.2) is 9.97 Å². The van der Waals surface area contributed by atoms with Crippen LogP contribution in [0.3, 0.4) is 0 Å². The van der Waals surface area contributed by atoms with E-state index in [4.69, 9.17) is 9.68 Å². The first-order chi connectivity index (χ1) is 8.36. The van der Waals surface area contributed by atoms with E-state index in [1.807, 2.05) is 36.4 Å². The third kappa shape index (κ3) is 1.64. The number of hydrogen-bond acceptors (Lipinski definition) is 4. The number of rotatable bonds is 1. The number of nitriles is 1. The molecule has 17 heavy (non-hydrogen) atoms. The van der Waals surface area contributed by atoms with Gasteiger partial charge in [0.15, 0.2) is 0 Å². The molecule has 0 N–H and O–H groups in total. The van der Waals surface area contributed by atoms with Crippen LogP contribution >= 0.6 is 0 Å². The van der Waals surface area contributed by atoms with Crippen LogP contribution in [0.5, 0.6) is 0 Å². The molecule has 0 radical (unpaired) electrons. The predicted molar refractivity (Wildman–Crippen MR) is 62.0 cm³/mol. The van der Waals surface area contributed by atoms with Crippen LogP contribution in [0.15, 0.2) is 46.9 Å². The predicted octanol–water partition coefficient (Wildman–Crippen LogP) is 2.76. The van der Waals surface area contributed by atoms with Gasteiger partial charge in [0.2, 0.25) is 11.6 Å². The van der Waals surface area contributed by atoms with E-state index in [2.05, 4.69) is 9.97 Å². The maximum Gasteiger partial charge on any atom is 0.248 e. The summed E-state index contributed by atoms with van der Waals surface area (Å²) in [4.78, 5) is 8.37. The Hall–Kier alpha value is -2.67. The highest BCUT2D eigenvalue weighted by molar-refractivity contribution is 5.73. The van der Waals surface area contributed by atoms with Gasteiger partial charge in [-0.05, 0) is 24.3 Å². The summed E-state index contributed by atoms with van der Waals surface area (Å²) in [5, 5.41) is 8.75.